The summed E-state index contributed by atoms with van der Waals surface area (Å²) >= 11 is 5.70. The van der Waals surface area contributed by atoms with Gasteiger partial charge >= 0.3 is 0 Å². The van der Waals surface area contributed by atoms with E-state index in [-0.39, 0.29) is 22.7 Å². The van der Waals surface area contributed by atoms with Crippen molar-refractivity contribution in [3.8, 4) is 0 Å². The minimum atomic E-state index is -0.601. The lowest BCUT2D eigenvalue weighted by Crippen LogP contribution is -2.45. The summed E-state index contributed by atoms with van der Waals surface area (Å²) in [5.74, 6) is 0. The molecule has 2 atom stereocenters. The minimum absolute atomic E-state index is 0. The Kier molecular flexibility index (Phi) is 4.72. The maximum atomic E-state index is 10.2. The zero-order chi connectivity index (χ0) is 7.56. The third-order valence-corrected chi connectivity index (χ3v) is 2.15. The van der Waals surface area contributed by atoms with E-state index in [2.05, 4.69) is 5.32 Å². The zero-order valence-corrected chi connectivity index (χ0v) is 7.40. The van der Waals surface area contributed by atoms with Crippen LogP contribution in [-0.2, 0) is 0 Å². The van der Waals surface area contributed by atoms with Gasteiger partial charge in [-0.25, -0.2) is 0 Å². The highest BCUT2D eigenvalue weighted by molar-refractivity contribution is 6.21. The van der Waals surface area contributed by atoms with Crippen molar-refractivity contribution in [1.82, 2.24) is 5.32 Å². The van der Waals surface area contributed by atoms with Gasteiger partial charge in [0.15, 0.2) is 0 Å². The monoisotopic (exact) mass is 200 g/mol. The number of hydrogen-bond acceptors (Lipinski definition) is 3. The lowest BCUT2D eigenvalue weighted by molar-refractivity contribution is -0.521. The van der Waals surface area contributed by atoms with E-state index in [0.29, 0.717) is 13.0 Å². The predicted molar refractivity (Wildman–Crippen MR) is 45.2 cm³/mol. The van der Waals surface area contributed by atoms with Crippen molar-refractivity contribution in [2.75, 3.05) is 13.1 Å². The molecule has 0 aromatic heterocycles. The van der Waals surface area contributed by atoms with Crippen LogP contribution in [0.2, 0.25) is 0 Å². The van der Waals surface area contributed by atoms with Crippen molar-refractivity contribution in [2.45, 2.75) is 17.8 Å². The first kappa shape index (κ1) is 10.9. The smallest absolute Gasteiger partial charge is 0.241 e. The third-order valence-electron chi connectivity index (χ3n) is 1.64. The summed E-state index contributed by atoms with van der Waals surface area (Å²) in [6, 6.07) is -0.601. The van der Waals surface area contributed by atoms with Crippen molar-refractivity contribution in [2.24, 2.45) is 0 Å². The molecule has 1 aliphatic heterocycles. The molecule has 1 N–H and O–H groups in total. The number of nitro groups is 1. The van der Waals surface area contributed by atoms with Gasteiger partial charge in [0.1, 0.15) is 5.38 Å². The van der Waals surface area contributed by atoms with Gasteiger partial charge in [0.25, 0.3) is 0 Å². The molecule has 4 nitrogen and oxygen atoms in total. The molecule has 0 aromatic carbocycles. The second-order valence-corrected chi connectivity index (χ2v) is 2.92. The van der Waals surface area contributed by atoms with Crippen LogP contribution < -0.4 is 5.32 Å². The Hall–Kier alpha value is -0.0600. The van der Waals surface area contributed by atoms with Crippen molar-refractivity contribution in [1.29, 1.82) is 0 Å². The Morgan fingerprint density at radius 1 is 1.64 bits per heavy atom. The summed E-state index contributed by atoms with van der Waals surface area (Å²) < 4.78 is 0. The van der Waals surface area contributed by atoms with Gasteiger partial charge in [0.2, 0.25) is 6.04 Å². The lowest BCUT2D eigenvalue weighted by Gasteiger charge is -2.20. The van der Waals surface area contributed by atoms with Crippen LogP contribution >= 0.6 is 24.0 Å². The van der Waals surface area contributed by atoms with Crippen LogP contribution in [0, 0.1) is 10.1 Å². The van der Waals surface area contributed by atoms with Gasteiger partial charge in [0, 0.05) is 4.92 Å². The SMILES string of the molecule is Cl.O=[N+]([O-])C1CNCCC1Cl. The largest absolute Gasteiger partial charge is 0.310 e. The molecule has 0 saturated carbocycles. The molecule has 0 amide bonds. The number of nitrogens with zero attached hydrogens (tertiary/aromatic N) is 1. The molecular weight excluding hydrogens is 191 g/mol. The Bertz CT molecular complexity index is 144. The number of nitrogens with one attached hydrogen (secondary N) is 1. The Labute approximate surface area is 75.9 Å². The summed E-state index contributed by atoms with van der Waals surface area (Å²) in [6.45, 7) is 1.19. The fourth-order valence-electron chi connectivity index (χ4n) is 1.02. The summed E-state index contributed by atoms with van der Waals surface area (Å²) in [4.78, 5) is 9.93. The third kappa shape index (κ3) is 2.81. The van der Waals surface area contributed by atoms with E-state index in [1.165, 1.54) is 0 Å². The van der Waals surface area contributed by atoms with Gasteiger partial charge in [-0.05, 0) is 13.0 Å². The van der Waals surface area contributed by atoms with Gasteiger partial charge in [-0.3, -0.25) is 10.1 Å². The van der Waals surface area contributed by atoms with E-state index < -0.39 is 6.04 Å². The van der Waals surface area contributed by atoms with Crippen molar-refractivity contribution in [3.05, 3.63) is 10.1 Å². The van der Waals surface area contributed by atoms with Crippen LogP contribution in [0.1, 0.15) is 6.42 Å². The molecule has 0 spiro atoms. The van der Waals surface area contributed by atoms with E-state index in [0.717, 1.165) is 6.54 Å². The fourth-order valence-corrected chi connectivity index (χ4v) is 1.31. The molecule has 6 heteroatoms. The van der Waals surface area contributed by atoms with Crippen LogP contribution in [0.4, 0.5) is 0 Å². The summed E-state index contributed by atoms with van der Waals surface area (Å²) in [6.07, 6.45) is 0.688. The van der Waals surface area contributed by atoms with Gasteiger partial charge in [0.05, 0.1) is 6.54 Å². The van der Waals surface area contributed by atoms with Gasteiger partial charge < -0.3 is 5.32 Å². The van der Waals surface area contributed by atoms with Crippen molar-refractivity contribution < 1.29 is 4.92 Å². The molecule has 1 rings (SSSR count). The summed E-state index contributed by atoms with van der Waals surface area (Å²) in [7, 11) is 0. The second-order valence-electron chi connectivity index (χ2n) is 2.36. The molecule has 11 heavy (non-hydrogen) atoms. The quantitative estimate of drug-likeness (QED) is 0.385. The molecular formula is C5H10Cl2N2O2. The van der Waals surface area contributed by atoms with Crippen LogP contribution in [0.5, 0.6) is 0 Å². The average molecular weight is 201 g/mol. The number of piperidine rings is 1. The maximum Gasteiger partial charge on any atom is 0.241 e. The number of hydrogen-bond donors (Lipinski definition) is 1. The molecule has 2 unspecified atom stereocenters. The number of rotatable bonds is 1. The molecule has 0 radical (unpaired) electrons. The van der Waals surface area contributed by atoms with Gasteiger partial charge in [-0.1, -0.05) is 0 Å². The average Bonchev–Trinajstić information content (AvgIpc) is 1.88. The molecule has 0 bridgehead atoms. The number of halogens is 2. The van der Waals surface area contributed by atoms with E-state index in [4.69, 9.17) is 11.6 Å². The Morgan fingerprint density at radius 3 is 2.64 bits per heavy atom. The highest BCUT2D eigenvalue weighted by Gasteiger charge is 2.31. The summed E-state index contributed by atoms with van der Waals surface area (Å²) in [5.41, 5.74) is 0. The van der Waals surface area contributed by atoms with E-state index >= 15 is 0 Å². The van der Waals surface area contributed by atoms with Crippen molar-refractivity contribution in [3.63, 3.8) is 0 Å². The van der Waals surface area contributed by atoms with E-state index in [1.807, 2.05) is 0 Å². The molecule has 1 heterocycles. The molecule has 66 valence electrons. The topological polar surface area (TPSA) is 55.2 Å². The van der Waals surface area contributed by atoms with Crippen LogP contribution in [0.25, 0.3) is 0 Å². The summed E-state index contributed by atoms with van der Waals surface area (Å²) in [5, 5.41) is 12.9. The Morgan fingerprint density at radius 2 is 2.27 bits per heavy atom. The lowest BCUT2D eigenvalue weighted by atomic mass is 10.1. The maximum absolute atomic E-state index is 10.2. The first-order valence-electron chi connectivity index (χ1n) is 3.20. The Balaban J connectivity index is 0.000001000. The number of alkyl halides is 1. The normalized spacial score (nSPS) is 30.6. The predicted octanol–water partition coefficient (Wildman–Crippen LogP) is 0.654. The first-order chi connectivity index (χ1) is 4.72. The zero-order valence-electron chi connectivity index (χ0n) is 5.83. The van der Waals surface area contributed by atoms with Gasteiger partial charge in [-0.15, -0.1) is 24.0 Å². The molecule has 0 aliphatic carbocycles. The highest BCUT2D eigenvalue weighted by Crippen LogP contribution is 2.12. The molecule has 1 saturated heterocycles. The van der Waals surface area contributed by atoms with Gasteiger partial charge in [-0.2, -0.15) is 0 Å². The van der Waals surface area contributed by atoms with E-state index in [9.17, 15) is 10.1 Å². The fraction of sp³-hybridized carbons (Fsp3) is 1.00. The standard InChI is InChI=1S/C5H9ClN2O2.ClH/c6-4-1-2-7-3-5(4)8(9)10;/h4-5,7H,1-3H2;1H. The van der Waals surface area contributed by atoms with Crippen LogP contribution in [0.15, 0.2) is 0 Å². The molecule has 1 aliphatic rings. The second kappa shape index (κ2) is 4.74. The molecule has 1 fully saturated rings. The molecule has 0 aromatic rings. The minimum Gasteiger partial charge on any atom is -0.310 e. The van der Waals surface area contributed by atoms with Crippen LogP contribution in [-0.4, -0.2) is 29.4 Å². The highest BCUT2D eigenvalue weighted by atomic mass is 35.5. The first-order valence-corrected chi connectivity index (χ1v) is 3.63. The van der Waals surface area contributed by atoms with Crippen molar-refractivity contribution >= 4 is 24.0 Å². The van der Waals surface area contributed by atoms with Crippen LogP contribution in [0.3, 0.4) is 0 Å². The van der Waals surface area contributed by atoms with E-state index in [1.54, 1.807) is 0 Å².